The van der Waals surface area contributed by atoms with Gasteiger partial charge < -0.3 is 5.32 Å². The Hall–Kier alpha value is -1.76. The van der Waals surface area contributed by atoms with Crippen molar-refractivity contribution in [1.82, 2.24) is 4.98 Å². The molecule has 90 valence electrons. The molecule has 1 N–H and O–H groups in total. The van der Waals surface area contributed by atoms with Gasteiger partial charge in [0.2, 0.25) is 0 Å². The Balaban J connectivity index is 2.16. The second kappa shape index (κ2) is 5.72. The lowest BCUT2D eigenvalue weighted by Gasteiger charge is -2.09. The van der Waals surface area contributed by atoms with Gasteiger partial charge in [0.05, 0.1) is 16.3 Å². The summed E-state index contributed by atoms with van der Waals surface area (Å²) < 4.78 is 0. The molecule has 0 aliphatic carbocycles. The Labute approximate surface area is 115 Å². The lowest BCUT2D eigenvalue weighted by molar-refractivity contribution is 1.11. The van der Waals surface area contributed by atoms with Crippen LogP contribution in [-0.2, 0) is 6.54 Å². The van der Waals surface area contributed by atoms with Gasteiger partial charge in [-0.3, -0.25) is 0 Å². The van der Waals surface area contributed by atoms with E-state index in [1.165, 1.54) is 0 Å². The van der Waals surface area contributed by atoms with Crippen molar-refractivity contribution >= 4 is 28.9 Å². The van der Waals surface area contributed by atoms with Gasteiger partial charge in [-0.2, -0.15) is 5.26 Å². The quantitative estimate of drug-likeness (QED) is 0.867. The minimum absolute atomic E-state index is 0.453. The number of aromatic nitrogens is 1. The zero-order chi connectivity index (χ0) is 13.0. The van der Waals surface area contributed by atoms with Gasteiger partial charge in [0.1, 0.15) is 11.2 Å². The third-order valence-electron chi connectivity index (χ3n) is 2.39. The van der Waals surface area contributed by atoms with Crippen molar-refractivity contribution in [1.29, 1.82) is 5.26 Å². The van der Waals surface area contributed by atoms with Crippen molar-refractivity contribution in [3.63, 3.8) is 0 Å². The average molecular weight is 278 g/mol. The lowest BCUT2D eigenvalue weighted by Crippen LogP contribution is -2.02. The molecular formula is C13H9Cl2N3. The van der Waals surface area contributed by atoms with E-state index >= 15 is 0 Å². The summed E-state index contributed by atoms with van der Waals surface area (Å²) in [5.74, 6) is 0. The van der Waals surface area contributed by atoms with Crippen LogP contribution >= 0.6 is 23.2 Å². The number of benzene rings is 1. The number of pyridine rings is 1. The molecule has 0 fully saturated rings. The zero-order valence-electron chi connectivity index (χ0n) is 9.32. The molecule has 2 aromatic rings. The summed E-state index contributed by atoms with van der Waals surface area (Å²) in [5, 5.41) is 13.1. The molecule has 1 heterocycles. The van der Waals surface area contributed by atoms with Gasteiger partial charge in [0, 0.05) is 12.7 Å². The van der Waals surface area contributed by atoms with Gasteiger partial charge >= 0.3 is 0 Å². The van der Waals surface area contributed by atoms with Gasteiger partial charge in [0.15, 0.2) is 0 Å². The van der Waals surface area contributed by atoms with Gasteiger partial charge in [-0.25, -0.2) is 4.98 Å². The van der Waals surface area contributed by atoms with Crippen molar-refractivity contribution in [3.8, 4) is 6.07 Å². The van der Waals surface area contributed by atoms with Crippen LogP contribution in [0.1, 0.15) is 11.1 Å². The molecule has 0 spiro atoms. The van der Waals surface area contributed by atoms with E-state index in [4.69, 9.17) is 28.5 Å². The van der Waals surface area contributed by atoms with E-state index in [1.54, 1.807) is 30.5 Å². The molecule has 18 heavy (non-hydrogen) atoms. The number of nitrogens with zero attached hydrogens (tertiary/aromatic N) is 2. The van der Waals surface area contributed by atoms with Crippen molar-refractivity contribution in [2.75, 3.05) is 5.32 Å². The Morgan fingerprint density at radius 1 is 1.22 bits per heavy atom. The number of nitriles is 1. The SMILES string of the molecule is N#Cc1cccc(Cl)c1NCc1ccc(Cl)nc1. The Morgan fingerprint density at radius 2 is 2.06 bits per heavy atom. The van der Waals surface area contributed by atoms with Crippen LogP contribution in [0.2, 0.25) is 10.2 Å². The third-order valence-corrected chi connectivity index (χ3v) is 2.93. The number of nitrogens with one attached hydrogen (secondary N) is 1. The first-order valence-electron chi connectivity index (χ1n) is 5.23. The second-order valence-electron chi connectivity index (χ2n) is 3.62. The summed E-state index contributed by atoms with van der Waals surface area (Å²) in [7, 11) is 0. The number of hydrogen-bond donors (Lipinski definition) is 1. The van der Waals surface area contributed by atoms with Crippen molar-refractivity contribution in [2.24, 2.45) is 0 Å². The number of halogens is 2. The molecule has 0 radical (unpaired) electrons. The summed E-state index contributed by atoms with van der Waals surface area (Å²) >= 11 is 11.8. The summed E-state index contributed by atoms with van der Waals surface area (Å²) in [5.41, 5.74) is 2.12. The maximum Gasteiger partial charge on any atom is 0.129 e. The number of para-hydroxylation sites is 1. The first kappa shape index (κ1) is 12.7. The number of rotatable bonds is 3. The molecule has 0 atom stereocenters. The van der Waals surface area contributed by atoms with E-state index in [0.29, 0.717) is 28.0 Å². The predicted molar refractivity (Wildman–Crippen MR) is 72.7 cm³/mol. The molecular weight excluding hydrogens is 269 g/mol. The topological polar surface area (TPSA) is 48.7 Å². The Morgan fingerprint density at radius 3 is 2.72 bits per heavy atom. The van der Waals surface area contributed by atoms with E-state index in [1.807, 2.05) is 6.07 Å². The standard InChI is InChI=1S/C13H9Cl2N3/c14-11-3-1-2-10(6-16)13(11)18-8-9-4-5-12(15)17-7-9/h1-5,7,18H,8H2. The van der Waals surface area contributed by atoms with E-state index in [9.17, 15) is 0 Å². The van der Waals surface area contributed by atoms with Crippen molar-refractivity contribution in [3.05, 3.63) is 57.8 Å². The van der Waals surface area contributed by atoms with Gasteiger partial charge in [0.25, 0.3) is 0 Å². The van der Waals surface area contributed by atoms with E-state index in [0.717, 1.165) is 5.56 Å². The van der Waals surface area contributed by atoms with E-state index in [2.05, 4.69) is 16.4 Å². The van der Waals surface area contributed by atoms with Crippen LogP contribution in [0.25, 0.3) is 0 Å². The summed E-state index contributed by atoms with van der Waals surface area (Å²) in [6, 6.07) is 10.9. The van der Waals surface area contributed by atoms with E-state index < -0.39 is 0 Å². The minimum atomic E-state index is 0.453. The van der Waals surface area contributed by atoms with Crippen LogP contribution in [0.5, 0.6) is 0 Å². The van der Waals surface area contributed by atoms with Crippen LogP contribution in [-0.4, -0.2) is 4.98 Å². The maximum absolute atomic E-state index is 9.00. The highest BCUT2D eigenvalue weighted by Gasteiger charge is 2.06. The summed E-state index contributed by atoms with van der Waals surface area (Å²) in [4.78, 5) is 3.98. The van der Waals surface area contributed by atoms with Crippen molar-refractivity contribution < 1.29 is 0 Å². The molecule has 0 bridgehead atoms. The zero-order valence-corrected chi connectivity index (χ0v) is 10.8. The molecule has 0 unspecified atom stereocenters. The van der Waals surface area contributed by atoms with Crippen LogP contribution in [0.4, 0.5) is 5.69 Å². The van der Waals surface area contributed by atoms with Crippen LogP contribution in [0, 0.1) is 11.3 Å². The molecule has 0 amide bonds. The number of hydrogen-bond acceptors (Lipinski definition) is 3. The van der Waals surface area contributed by atoms with Crippen LogP contribution in [0.15, 0.2) is 36.5 Å². The molecule has 5 heteroatoms. The molecule has 0 aliphatic rings. The molecule has 0 saturated heterocycles. The molecule has 1 aromatic heterocycles. The fourth-order valence-corrected chi connectivity index (χ4v) is 1.85. The minimum Gasteiger partial charge on any atom is -0.379 e. The highest BCUT2D eigenvalue weighted by atomic mass is 35.5. The maximum atomic E-state index is 9.00. The third kappa shape index (κ3) is 2.92. The average Bonchev–Trinajstić information content (AvgIpc) is 2.39. The fourth-order valence-electron chi connectivity index (χ4n) is 1.50. The largest absolute Gasteiger partial charge is 0.379 e. The van der Waals surface area contributed by atoms with E-state index in [-0.39, 0.29) is 0 Å². The lowest BCUT2D eigenvalue weighted by atomic mass is 10.2. The van der Waals surface area contributed by atoms with Crippen LogP contribution in [0.3, 0.4) is 0 Å². The second-order valence-corrected chi connectivity index (χ2v) is 4.41. The predicted octanol–water partition coefficient (Wildman–Crippen LogP) is 3.87. The molecule has 0 saturated carbocycles. The molecule has 3 nitrogen and oxygen atoms in total. The first-order chi connectivity index (χ1) is 8.70. The molecule has 2 rings (SSSR count). The van der Waals surface area contributed by atoms with Crippen molar-refractivity contribution in [2.45, 2.75) is 6.54 Å². The molecule has 0 aliphatic heterocycles. The van der Waals surface area contributed by atoms with Gasteiger partial charge in [-0.1, -0.05) is 35.3 Å². The normalized spacial score (nSPS) is 9.83. The molecule has 1 aromatic carbocycles. The first-order valence-corrected chi connectivity index (χ1v) is 5.99. The van der Waals surface area contributed by atoms with Gasteiger partial charge in [-0.05, 0) is 23.8 Å². The summed E-state index contributed by atoms with van der Waals surface area (Å²) in [6.45, 7) is 0.530. The summed E-state index contributed by atoms with van der Waals surface area (Å²) in [6.07, 6.45) is 1.68. The van der Waals surface area contributed by atoms with Crippen LogP contribution < -0.4 is 5.32 Å². The monoisotopic (exact) mass is 277 g/mol. The highest BCUT2D eigenvalue weighted by Crippen LogP contribution is 2.25. The fraction of sp³-hybridized carbons (Fsp3) is 0.0769. The Bertz CT molecular complexity index is 588. The highest BCUT2D eigenvalue weighted by molar-refractivity contribution is 6.33. The van der Waals surface area contributed by atoms with Gasteiger partial charge in [-0.15, -0.1) is 0 Å². The Kier molecular flexibility index (Phi) is 4.03. The number of anilines is 1. The smallest absolute Gasteiger partial charge is 0.129 e.